The van der Waals surface area contributed by atoms with Gasteiger partial charge in [-0.3, -0.25) is 0 Å². The van der Waals surface area contributed by atoms with Crippen LogP contribution in [0.2, 0.25) is 0 Å². The Morgan fingerprint density at radius 2 is 2.36 bits per heavy atom. The highest BCUT2D eigenvalue weighted by molar-refractivity contribution is 6.45. The summed E-state index contributed by atoms with van der Waals surface area (Å²) in [7, 11) is -0.0507. The van der Waals surface area contributed by atoms with Gasteiger partial charge in [-0.25, -0.2) is 0 Å². The summed E-state index contributed by atoms with van der Waals surface area (Å²) in [6, 6.07) is 0. The molecule has 0 amide bonds. The molecule has 0 heterocycles. The standard InChI is InChI=1S/C6H18O2Si3/c1-2-3-4-5-6-10-8-11-7-9/h5-6H,2-4,10-11H2,1,9H3. The zero-order valence-electron chi connectivity index (χ0n) is 7.51. The minimum atomic E-state index is -0.546. The van der Waals surface area contributed by atoms with E-state index in [1.807, 2.05) is 0 Å². The van der Waals surface area contributed by atoms with Gasteiger partial charge in [0.15, 0.2) is 9.76 Å². The predicted octanol–water partition coefficient (Wildman–Crippen LogP) is -0.914. The van der Waals surface area contributed by atoms with Gasteiger partial charge >= 0.3 is 0 Å². The summed E-state index contributed by atoms with van der Waals surface area (Å²) in [5, 5.41) is 0. The van der Waals surface area contributed by atoms with E-state index in [1.165, 1.54) is 19.3 Å². The fraction of sp³-hybridized carbons (Fsp3) is 0.667. The average molecular weight is 206 g/mol. The molecule has 0 bridgehead atoms. The first-order chi connectivity index (χ1) is 5.41. The summed E-state index contributed by atoms with van der Waals surface area (Å²) in [5.41, 5.74) is 2.23. The molecule has 0 saturated heterocycles. The largest absolute Gasteiger partial charge is 0.449 e. The van der Waals surface area contributed by atoms with Crippen molar-refractivity contribution >= 4 is 30.3 Å². The highest BCUT2D eigenvalue weighted by Crippen LogP contribution is 1.93. The third-order valence-electron chi connectivity index (χ3n) is 1.31. The van der Waals surface area contributed by atoms with Gasteiger partial charge in [0, 0.05) is 0 Å². The Balaban J connectivity index is 2.91. The molecule has 0 saturated carbocycles. The van der Waals surface area contributed by atoms with E-state index < -0.39 is 10.0 Å². The molecule has 0 aliphatic heterocycles. The molecule has 0 aromatic rings. The highest BCUT2D eigenvalue weighted by Gasteiger charge is 1.81. The molecular formula is C6H18O2Si3. The fourth-order valence-electron chi connectivity index (χ4n) is 0.707. The lowest BCUT2D eigenvalue weighted by Crippen LogP contribution is -2.04. The Hall–Kier alpha value is 0.311. The Kier molecular flexibility index (Phi) is 10.6. The highest BCUT2D eigenvalue weighted by atomic mass is 28.3. The SMILES string of the molecule is CCCCC=C[SiH2]O[SiH2]O[SiH3]. The van der Waals surface area contributed by atoms with E-state index in [0.29, 0.717) is 0 Å². The van der Waals surface area contributed by atoms with Gasteiger partial charge in [0.1, 0.15) is 10.5 Å². The van der Waals surface area contributed by atoms with Crippen LogP contribution in [0.15, 0.2) is 11.8 Å². The van der Waals surface area contributed by atoms with Crippen LogP contribution >= 0.6 is 0 Å². The van der Waals surface area contributed by atoms with Crippen LogP contribution in [-0.2, 0) is 8.23 Å². The molecule has 0 aliphatic rings. The second kappa shape index (κ2) is 10.3. The number of hydrogen-bond acceptors (Lipinski definition) is 2. The zero-order chi connectivity index (χ0) is 8.36. The Morgan fingerprint density at radius 1 is 1.55 bits per heavy atom. The third-order valence-corrected chi connectivity index (χ3v) is 4.38. The van der Waals surface area contributed by atoms with E-state index in [0.717, 1.165) is 10.5 Å². The lowest BCUT2D eigenvalue weighted by atomic mass is 10.2. The maximum absolute atomic E-state index is 5.37. The van der Waals surface area contributed by atoms with Crippen molar-refractivity contribution < 1.29 is 8.23 Å². The summed E-state index contributed by atoms with van der Waals surface area (Å²) < 4.78 is 10.4. The minimum Gasteiger partial charge on any atom is -0.449 e. The van der Waals surface area contributed by atoms with Crippen molar-refractivity contribution in [3.63, 3.8) is 0 Å². The number of rotatable bonds is 7. The van der Waals surface area contributed by atoms with Gasteiger partial charge in [-0.15, -0.1) is 0 Å². The second-order valence-corrected chi connectivity index (χ2v) is 7.37. The van der Waals surface area contributed by atoms with Crippen LogP contribution in [0.5, 0.6) is 0 Å². The van der Waals surface area contributed by atoms with Gasteiger partial charge in [-0.1, -0.05) is 31.5 Å². The third kappa shape index (κ3) is 10.3. The number of hydrogen-bond donors (Lipinski definition) is 0. The average Bonchev–Trinajstić information content (AvgIpc) is 2.03. The first-order valence-corrected chi connectivity index (χ1v) is 7.50. The van der Waals surface area contributed by atoms with Crippen molar-refractivity contribution in [2.75, 3.05) is 0 Å². The van der Waals surface area contributed by atoms with Crippen LogP contribution < -0.4 is 0 Å². The summed E-state index contributed by atoms with van der Waals surface area (Å²) in [5.74, 6) is 0. The van der Waals surface area contributed by atoms with E-state index in [9.17, 15) is 0 Å². The molecule has 0 N–H and O–H groups in total. The zero-order valence-corrected chi connectivity index (χ0v) is 12.3. The van der Waals surface area contributed by atoms with Gasteiger partial charge in [0.05, 0.1) is 0 Å². The second-order valence-electron chi connectivity index (χ2n) is 2.39. The lowest BCUT2D eigenvalue weighted by Gasteiger charge is -1.96. The predicted molar refractivity (Wildman–Crippen MR) is 57.9 cm³/mol. The molecular weight excluding hydrogens is 188 g/mol. The quantitative estimate of drug-likeness (QED) is 0.397. The lowest BCUT2D eigenvalue weighted by molar-refractivity contribution is 0.507. The molecule has 0 aromatic heterocycles. The van der Waals surface area contributed by atoms with Gasteiger partial charge in [-0.05, 0) is 6.42 Å². The van der Waals surface area contributed by atoms with E-state index in [4.69, 9.17) is 8.23 Å². The van der Waals surface area contributed by atoms with Crippen molar-refractivity contribution in [2.24, 2.45) is 0 Å². The Morgan fingerprint density at radius 3 is 3.00 bits per heavy atom. The van der Waals surface area contributed by atoms with Crippen molar-refractivity contribution in [3.05, 3.63) is 11.8 Å². The Labute approximate surface area is 76.9 Å². The monoisotopic (exact) mass is 206 g/mol. The molecule has 2 nitrogen and oxygen atoms in total. The fourth-order valence-corrected chi connectivity index (χ4v) is 4.18. The van der Waals surface area contributed by atoms with E-state index in [-0.39, 0.29) is 9.76 Å². The molecule has 0 aliphatic carbocycles. The van der Waals surface area contributed by atoms with Gasteiger partial charge in [-0.2, -0.15) is 0 Å². The first-order valence-electron chi connectivity index (χ1n) is 4.13. The molecule has 0 aromatic carbocycles. The molecule has 11 heavy (non-hydrogen) atoms. The molecule has 5 heteroatoms. The molecule has 0 fully saturated rings. The summed E-state index contributed by atoms with van der Waals surface area (Å²) in [6.07, 6.45) is 6.05. The van der Waals surface area contributed by atoms with E-state index in [1.54, 1.807) is 0 Å². The van der Waals surface area contributed by atoms with Crippen molar-refractivity contribution in [1.29, 1.82) is 0 Å². The van der Waals surface area contributed by atoms with Crippen LogP contribution in [0.1, 0.15) is 26.2 Å². The first kappa shape index (κ1) is 11.3. The molecule has 0 unspecified atom stereocenters. The summed E-state index contributed by atoms with van der Waals surface area (Å²) in [6.45, 7) is 2.21. The van der Waals surface area contributed by atoms with Crippen molar-refractivity contribution in [2.45, 2.75) is 26.2 Å². The molecule has 0 rings (SSSR count). The van der Waals surface area contributed by atoms with Crippen LogP contribution in [0.25, 0.3) is 0 Å². The Bertz CT molecular complexity index is 97.8. The normalized spacial score (nSPS) is 13.5. The van der Waals surface area contributed by atoms with E-state index in [2.05, 4.69) is 18.7 Å². The van der Waals surface area contributed by atoms with Crippen LogP contribution in [0.3, 0.4) is 0 Å². The minimum absolute atomic E-state index is 0.349. The number of allylic oxidation sites excluding steroid dienone is 1. The maximum Gasteiger partial charge on any atom is 0.283 e. The maximum atomic E-state index is 5.37. The van der Waals surface area contributed by atoms with Gasteiger partial charge in [0.25, 0.3) is 10.0 Å². The smallest absolute Gasteiger partial charge is 0.283 e. The van der Waals surface area contributed by atoms with E-state index >= 15 is 0 Å². The van der Waals surface area contributed by atoms with Gasteiger partial charge in [0.2, 0.25) is 0 Å². The molecule has 0 spiro atoms. The molecule has 66 valence electrons. The topological polar surface area (TPSA) is 18.5 Å². The van der Waals surface area contributed by atoms with Crippen LogP contribution in [0.4, 0.5) is 0 Å². The molecule has 0 atom stereocenters. The van der Waals surface area contributed by atoms with Crippen LogP contribution in [-0.4, -0.2) is 30.3 Å². The van der Waals surface area contributed by atoms with Crippen LogP contribution in [0, 0.1) is 0 Å². The summed E-state index contributed by atoms with van der Waals surface area (Å²) >= 11 is 0. The van der Waals surface area contributed by atoms with Crippen molar-refractivity contribution in [3.8, 4) is 0 Å². The van der Waals surface area contributed by atoms with Crippen molar-refractivity contribution in [1.82, 2.24) is 0 Å². The summed E-state index contributed by atoms with van der Waals surface area (Å²) in [4.78, 5) is 0. The van der Waals surface area contributed by atoms with Gasteiger partial charge < -0.3 is 8.23 Å². The molecule has 0 radical (unpaired) electrons. The number of unbranched alkanes of at least 4 members (excludes halogenated alkanes) is 2.